The van der Waals surface area contributed by atoms with E-state index in [1.165, 1.54) is 25.3 Å². The van der Waals surface area contributed by atoms with Crippen LogP contribution in [0.1, 0.15) is 12.6 Å². The average Bonchev–Trinajstić information content (AvgIpc) is 2.04. The van der Waals surface area contributed by atoms with Gasteiger partial charge in [0.15, 0.2) is 0 Å². The van der Waals surface area contributed by atoms with Gasteiger partial charge in [-0.15, -0.1) is 0 Å². The van der Waals surface area contributed by atoms with Gasteiger partial charge < -0.3 is 5.73 Å². The first kappa shape index (κ1) is 10.3. The van der Waals surface area contributed by atoms with E-state index in [4.69, 9.17) is 17.3 Å². The Balaban J connectivity index is 3.07. The number of hydrogen-bond donors (Lipinski definition) is 1. The van der Waals surface area contributed by atoms with Crippen LogP contribution in [-0.2, 0) is 5.54 Å². The maximum absolute atomic E-state index is 12.4. The third-order valence-corrected chi connectivity index (χ3v) is 1.96. The molecule has 2 N–H and O–H groups in total. The van der Waals surface area contributed by atoms with Gasteiger partial charge in [0.2, 0.25) is 0 Å². The van der Waals surface area contributed by atoms with Crippen molar-refractivity contribution in [2.75, 3.05) is 0 Å². The van der Waals surface area contributed by atoms with Crippen LogP contribution in [-0.4, -0.2) is 11.4 Å². The van der Waals surface area contributed by atoms with Gasteiger partial charge in [0.1, 0.15) is 5.54 Å². The molecule has 13 heavy (non-hydrogen) atoms. The summed E-state index contributed by atoms with van der Waals surface area (Å²) >= 11 is 5.62. The van der Waals surface area contributed by atoms with Crippen LogP contribution in [0.15, 0.2) is 18.3 Å². The molecule has 1 rings (SSSR count). The van der Waals surface area contributed by atoms with Crippen LogP contribution < -0.4 is 5.73 Å². The summed E-state index contributed by atoms with van der Waals surface area (Å²) in [5.41, 5.74) is 3.73. The minimum absolute atomic E-state index is 0.0926. The maximum atomic E-state index is 12.4. The quantitative estimate of drug-likeness (QED) is 0.806. The fourth-order valence-electron chi connectivity index (χ4n) is 0.811. The fraction of sp³-hybridized carbons (Fsp3) is 0.375. The monoisotopic (exact) mass is 206 g/mol. The molecule has 0 amide bonds. The van der Waals surface area contributed by atoms with Gasteiger partial charge in [-0.3, -0.25) is 4.98 Å². The van der Waals surface area contributed by atoms with Gasteiger partial charge in [-0.25, -0.2) is 8.78 Å². The zero-order valence-corrected chi connectivity index (χ0v) is 7.72. The van der Waals surface area contributed by atoms with E-state index >= 15 is 0 Å². The Hall–Kier alpha value is -0.740. The summed E-state index contributed by atoms with van der Waals surface area (Å²) in [6.07, 6.45) is -1.32. The summed E-state index contributed by atoms with van der Waals surface area (Å²) in [6.45, 7) is 1.22. The van der Waals surface area contributed by atoms with Crippen molar-refractivity contribution in [2.24, 2.45) is 5.73 Å². The highest BCUT2D eigenvalue weighted by Gasteiger charge is 2.33. The molecule has 1 heterocycles. The number of hydrogen-bond acceptors (Lipinski definition) is 2. The molecular weight excluding hydrogens is 198 g/mol. The molecule has 1 atom stereocenters. The largest absolute Gasteiger partial charge is 0.316 e. The molecule has 5 heteroatoms. The first-order valence-corrected chi connectivity index (χ1v) is 4.01. The molecule has 0 aliphatic heterocycles. The Morgan fingerprint density at radius 1 is 1.62 bits per heavy atom. The highest BCUT2D eigenvalue weighted by molar-refractivity contribution is 6.30. The van der Waals surface area contributed by atoms with Crippen LogP contribution in [0.25, 0.3) is 0 Å². The number of halogens is 3. The smallest absolute Gasteiger partial charge is 0.261 e. The summed E-state index contributed by atoms with van der Waals surface area (Å²) in [5.74, 6) is 0. The molecule has 1 unspecified atom stereocenters. The molecule has 1 aromatic heterocycles. The number of rotatable bonds is 2. The third kappa shape index (κ3) is 2.14. The van der Waals surface area contributed by atoms with E-state index in [-0.39, 0.29) is 5.69 Å². The molecule has 0 aromatic carbocycles. The molecule has 72 valence electrons. The fourth-order valence-corrected chi connectivity index (χ4v) is 0.971. The van der Waals surface area contributed by atoms with Crippen molar-refractivity contribution in [3.63, 3.8) is 0 Å². The summed E-state index contributed by atoms with van der Waals surface area (Å²) in [7, 11) is 0. The normalized spacial score (nSPS) is 15.8. The van der Waals surface area contributed by atoms with Crippen LogP contribution in [0.4, 0.5) is 8.78 Å². The Bertz CT molecular complexity index is 302. The van der Waals surface area contributed by atoms with Gasteiger partial charge in [0.25, 0.3) is 6.43 Å². The minimum atomic E-state index is -2.67. The second kappa shape index (κ2) is 3.55. The molecule has 1 aromatic rings. The number of pyridine rings is 1. The standard InChI is InChI=1S/C8H9ClF2N2/c1-8(12,7(10)11)6-4-5(9)2-3-13-6/h2-4,7H,12H2,1H3. The summed E-state index contributed by atoms with van der Waals surface area (Å²) in [5, 5.41) is 0.349. The lowest BCUT2D eigenvalue weighted by Gasteiger charge is -2.22. The van der Waals surface area contributed by atoms with Gasteiger partial charge >= 0.3 is 0 Å². The molecule has 2 nitrogen and oxygen atoms in total. The second-order valence-electron chi connectivity index (χ2n) is 2.94. The molecule has 0 fully saturated rings. The molecule has 0 saturated carbocycles. The van der Waals surface area contributed by atoms with Crippen LogP contribution >= 0.6 is 11.6 Å². The van der Waals surface area contributed by atoms with Gasteiger partial charge in [-0.1, -0.05) is 11.6 Å². The van der Waals surface area contributed by atoms with E-state index in [2.05, 4.69) is 4.98 Å². The Labute approximate surface area is 79.7 Å². The molecule has 0 bridgehead atoms. The second-order valence-corrected chi connectivity index (χ2v) is 3.38. The van der Waals surface area contributed by atoms with Gasteiger partial charge in [-0.05, 0) is 19.1 Å². The van der Waals surface area contributed by atoms with Crippen molar-refractivity contribution >= 4 is 11.6 Å². The highest BCUT2D eigenvalue weighted by Crippen LogP contribution is 2.24. The van der Waals surface area contributed by atoms with Crippen LogP contribution in [0.5, 0.6) is 0 Å². The van der Waals surface area contributed by atoms with Crippen LogP contribution in [0.2, 0.25) is 5.02 Å². The van der Waals surface area contributed by atoms with E-state index in [0.29, 0.717) is 5.02 Å². The van der Waals surface area contributed by atoms with Crippen molar-refractivity contribution in [1.29, 1.82) is 0 Å². The molecule has 0 saturated heterocycles. The van der Waals surface area contributed by atoms with Crippen molar-refractivity contribution in [3.8, 4) is 0 Å². The third-order valence-electron chi connectivity index (χ3n) is 1.73. The number of nitrogens with two attached hydrogens (primary N) is 1. The molecule has 0 radical (unpaired) electrons. The molecule has 0 spiro atoms. The lowest BCUT2D eigenvalue weighted by molar-refractivity contribution is 0.0602. The van der Waals surface area contributed by atoms with Crippen LogP contribution in [0.3, 0.4) is 0 Å². The lowest BCUT2D eigenvalue weighted by Crippen LogP contribution is -2.41. The highest BCUT2D eigenvalue weighted by atomic mass is 35.5. The Morgan fingerprint density at radius 2 is 2.23 bits per heavy atom. The number of alkyl halides is 2. The molecule has 0 aliphatic rings. The van der Waals surface area contributed by atoms with Gasteiger partial charge in [0.05, 0.1) is 5.69 Å². The lowest BCUT2D eigenvalue weighted by atomic mass is 9.99. The van der Waals surface area contributed by atoms with Crippen molar-refractivity contribution in [2.45, 2.75) is 18.9 Å². The zero-order valence-electron chi connectivity index (χ0n) is 6.97. The van der Waals surface area contributed by atoms with E-state index in [0.717, 1.165) is 0 Å². The molecule has 0 aliphatic carbocycles. The maximum Gasteiger partial charge on any atom is 0.261 e. The zero-order chi connectivity index (χ0) is 10.1. The summed E-state index contributed by atoms with van der Waals surface area (Å²) in [4.78, 5) is 3.74. The van der Waals surface area contributed by atoms with Crippen molar-refractivity contribution in [3.05, 3.63) is 29.0 Å². The van der Waals surface area contributed by atoms with E-state index in [9.17, 15) is 8.78 Å². The minimum Gasteiger partial charge on any atom is -0.316 e. The number of nitrogens with zero attached hydrogens (tertiary/aromatic N) is 1. The topological polar surface area (TPSA) is 38.9 Å². The first-order chi connectivity index (χ1) is 5.94. The SMILES string of the molecule is CC(N)(c1cc(Cl)ccn1)C(F)F. The Morgan fingerprint density at radius 3 is 2.69 bits per heavy atom. The predicted octanol–water partition coefficient (Wildman–Crippen LogP) is 2.17. The predicted molar refractivity (Wildman–Crippen MR) is 46.8 cm³/mol. The summed E-state index contributed by atoms with van der Waals surface area (Å²) in [6, 6.07) is 2.85. The molecular formula is C8H9ClF2N2. The van der Waals surface area contributed by atoms with Gasteiger partial charge in [0, 0.05) is 11.2 Å². The van der Waals surface area contributed by atoms with E-state index in [1.807, 2.05) is 0 Å². The Kier molecular flexibility index (Phi) is 2.83. The van der Waals surface area contributed by atoms with Crippen molar-refractivity contribution < 1.29 is 8.78 Å². The average molecular weight is 207 g/mol. The first-order valence-electron chi connectivity index (χ1n) is 3.63. The van der Waals surface area contributed by atoms with Crippen molar-refractivity contribution in [1.82, 2.24) is 4.98 Å². The van der Waals surface area contributed by atoms with E-state index < -0.39 is 12.0 Å². The van der Waals surface area contributed by atoms with Gasteiger partial charge in [-0.2, -0.15) is 0 Å². The summed E-state index contributed by atoms with van der Waals surface area (Å²) < 4.78 is 24.8. The number of aromatic nitrogens is 1. The van der Waals surface area contributed by atoms with Crippen LogP contribution in [0, 0.1) is 0 Å². The van der Waals surface area contributed by atoms with E-state index in [1.54, 1.807) is 0 Å².